The van der Waals surface area contributed by atoms with Crippen LogP contribution < -0.4 is 5.32 Å². The number of benzene rings is 2. The van der Waals surface area contributed by atoms with Crippen molar-refractivity contribution < 1.29 is 14.7 Å². The Morgan fingerprint density at radius 3 is 2.64 bits per heavy atom. The highest BCUT2D eigenvalue weighted by Gasteiger charge is 2.15. The van der Waals surface area contributed by atoms with E-state index in [0.717, 1.165) is 11.0 Å². The molecule has 3 N–H and O–H groups in total. The van der Waals surface area contributed by atoms with Crippen molar-refractivity contribution in [2.45, 2.75) is 25.8 Å². The number of aromatic carboxylic acids is 1. The van der Waals surface area contributed by atoms with E-state index in [1.54, 1.807) is 24.3 Å². The monoisotopic (exact) mass is 337 g/mol. The van der Waals surface area contributed by atoms with Gasteiger partial charge >= 0.3 is 5.97 Å². The van der Waals surface area contributed by atoms with Crippen LogP contribution >= 0.6 is 0 Å². The Labute approximate surface area is 144 Å². The lowest BCUT2D eigenvalue weighted by atomic mass is 10.0. The van der Waals surface area contributed by atoms with Crippen LogP contribution in [0.5, 0.6) is 0 Å². The molecular formula is C19H19N3O3. The Morgan fingerprint density at radius 2 is 1.88 bits per heavy atom. The zero-order valence-electron chi connectivity index (χ0n) is 13.8. The zero-order chi connectivity index (χ0) is 17.8. The summed E-state index contributed by atoms with van der Waals surface area (Å²) in [5.41, 5.74) is 2.67. The van der Waals surface area contributed by atoms with Gasteiger partial charge in [-0.05, 0) is 37.1 Å². The predicted octanol–water partition coefficient (Wildman–Crippen LogP) is 3.07. The summed E-state index contributed by atoms with van der Waals surface area (Å²) in [5, 5.41) is 12.1. The molecule has 0 fully saturated rings. The summed E-state index contributed by atoms with van der Waals surface area (Å²) < 4.78 is 0. The molecule has 1 atom stereocenters. The molecule has 0 aliphatic carbocycles. The molecular weight excluding hydrogens is 318 g/mol. The van der Waals surface area contributed by atoms with Crippen LogP contribution in [0, 0.1) is 0 Å². The first-order chi connectivity index (χ1) is 12.0. The lowest BCUT2D eigenvalue weighted by Crippen LogP contribution is -2.27. The molecule has 128 valence electrons. The number of nitrogens with one attached hydrogen (secondary N) is 2. The number of hydrogen-bond acceptors (Lipinski definition) is 3. The fourth-order valence-corrected chi connectivity index (χ4v) is 2.75. The first-order valence-corrected chi connectivity index (χ1v) is 8.10. The minimum atomic E-state index is -0.980. The van der Waals surface area contributed by atoms with Crippen molar-refractivity contribution >= 4 is 22.9 Å². The third kappa shape index (κ3) is 3.85. The van der Waals surface area contributed by atoms with E-state index in [0.29, 0.717) is 17.8 Å². The lowest BCUT2D eigenvalue weighted by Gasteiger charge is -2.12. The molecule has 3 rings (SSSR count). The van der Waals surface area contributed by atoms with E-state index in [-0.39, 0.29) is 23.9 Å². The van der Waals surface area contributed by atoms with Crippen molar-refractivity contribution in [3.63, 3.8) is 0 Å². The van der Waals surface area contributed by atoms with Gasteiger partial charge in [0.15, 0.2) is 0 Å². The van der Waals surface area contributed by atoms with Gasteiger partial charge in [0, 0.05) is 6.42 Å². The number of nitrogens with zero attached hydrogens (tertiary/aromatic N) is 1. The van der Waals surface area contributed by atoms with Gasteiger partial charge in [-0.25, -0.2) is 9.78 Å². The summed E-state index contributed by atoms with van der Waals surface area (Å²) in [7, 11) is 0. The van der Waals surface area contributed by atoms with Gasteiger partial charge in [-0.3, -0.25) is 4.79 Å². The zero-order valence-corrected chi connectivity index (χ0v) is 13.8. The molecule has 6 heteroatoms. The molecule has 1 aromatic heterocycles. The van der Waals surface area contributed by atoms with Gasteiger partial charge < -0.3 is 15.4 Å². The highest BCUT2D eigenvalue weighted by molar-refractivity contribution is 5.89. The summed E-state index contributed by atoms with van der Waals surface area (Å²) in [6.07, 6.45) is 0.593. The van der Waals surface area contributed by atoms with Gasteiger partial charge in [0.2, 0.25) is 5.91 Å². The van der Waals surface area contributed by atoms with E-state index in [9.17, 15) is 14.7 Å². The van der Waals surface area contributed by atoms with Crippen LogP contribution in [0.15, 0.2) is 48.5 Å². The van der Waals surface area contributed by atoms with Crippen molar-refractivity contribution in [3.8, 4) is 0 Å². The minimum Gasteiger partial charge on any atom is -0.478 e. The third-order valence-electron chi connectivity index (χ3n) is 4.06. The standard InChI is InChI=1S/C19H19N3O3/c1-12(18-21-15-8-4-5-9-16(15)22-18)20-17(23)11-10-13-6-2-3-7-14(13)19(24)25/h2-9,12H,10-11H2,1H3,(H,20,23)(H,21,22)(H,24,25). The average molecular weight is 337 g/mol. The summed E-state index contributed by atoms with van der Waals surface area (Å²) in [6, 6.07) is 14.2. The maximum Gasteiger partial charge on any atom is 0.335 e. The molecule has 1 unspecified atom stereocenters. The number of aromatic nitrogens is 2. The number of carboxylic acid groups (broad SMARTS) is 1. The van der Waals surface area contributed by atoms with Gasteiger partial charge in [0.1, 0.15) is 5.82 Å². The Hall–Kier alpha value is -3.15. The second-order valence-electron chi connectivity index (χ2n) is 5.89. The molecule has 0 radical (unpaired) electrons. The number of hydrogen-bond donors (Lipinski definition) is 3. The molecule has 1 heterocycles. The Kier molecular flexibility index (Phi) is 4.79. The van der Waals surface area contributed by atoms with Gasteiger partial charge in [-0.2, -0.15) is 0 Å². The summed E-state index contributed by atoms with van der Waals surface area (Å²) >= 11 is 0. The number of rotatable bonds is 6. The molecule has 3 aromatic rings. The average Bonchev–Trinajstić information content (AvgIpc) is 3.04. The van der Waals surface area contributed by atoms with Crippen molar-refractivity contribution in [2.24, 2.45) is 0 Å². The molecule has 0 aliphatic rings. The maximum absolute atomic E-state index is 12.2. The molecule has 0 saturated heterocycles. The summed E-state index contributed by atoms with van der Waals surface area (Å²) in [6.45, 7) is 1.86. The topological polar surface area (TPSA) is 95.1 Å². The summed E-state index contributed by atoms with van der Waals surface area (Å²) in [4.78, 5) is 31.1. The highest BCUT2D eigenvalue weighted by atomic mass is 16.4. The van der Waals surface area contributed by atoms with Crippen LogP contribution in [-0.2, 0) is 11.2 Å². The number of imidazole rings is 1. The Bertz CT molecular complexity index is 884. The van der Waals surface area contributed by atoms with Crippen molar-refractivity contribution in [3.05, 3.63) is 65.5 Å². The van der Waals surface area contributed by atoms with Crippen LogP contribution in [0.25, 0.3) is 11.0 Å². The van der Waals surface area contributed by atoms with E-state index in [1.165, 1.54) is 0 Å². The Morgan fingerprint density at radius 1 is 1.16 bits per heavy atom. The predicted molar refractivity (Wildman–Crippen MR) is 94.4 cm³/mol. The fourth-order valence-electron chi connectivity index (χ4n) is 2.75. The number of carbonyl (C=O) groups is 2. The molecule has 6 nitrogen and oxygen atoms in total. The number of para-hydroxylation sites is 2. The molecule has 0 aliphatic heterocycles. The van der Waals surface area contributed by atoms with Gasteiger partial charge in [0.25, 0.3) is 0 Å². The molecule has 2 aromatic carbocycles. The smallest absolute Gasteiger partial charge is 0.335 e. The highest BCUT2D eigenvalue weighted by Crippen LogP contribution is 2.16. The molecule has 25 heavy (non-hydrogen) atoms. The van der Waals surface area contributed by atoms with Crippen molar-refractivity contribution in [1.29, 1.82) is 0 Å². The first-order valence-electron chi connectivity index (χ1n) is 8.10. The molecule has 0 saturated carbocycles. The first kappa shape index (κ1) is 16.7. The minimum absolute atomic E-state index is 0.145. The van der Waals surface area contributed by atoms with Crippen LogP contribution in [0.3, 0.4) is 0 Å². The lowest BCUT2D eigenvalue weighted by molar-refractivity contribution is -0.121. The van der Waals surface area contributed by atoms with Crippen molar-refractivity contribution in [1.82, 2.24) is 15.3 Å². The van der Waals surface area contributed by atoms with Crippen LogP contribution in [0.4, 0.5) is 0 Å². The normalized spacial score (nSPS) is 12.0. The molecule has 1 amide bonds. The van der Waals surface area contributed by atoms with Gasteiger partial charge in [0.05, 0.1) is 22.6 Å². The Balaban J connectivity index is 1.61. The van der Waals surface area contributed by atoms with E-state index >= 15 is 0 Å². The quantitative estimate of drug-likeness (QED) is 0.644. The number of carboxylic acids is 1. The van der Waals surface area contributed by atoms with Gasteiger partial charge in [-0.15, -0.1) is 0 Å². The number of H-pyrrole nitrogens is 1. The van der Waals surface area contributed by atoms with Crippen molar-refractivity contribution in [2.75, 3.05) is 0 Å². The number of carbonyl (C=O) groups excluding carboxylic acids is 1. The largest absolute Gasteiger partial charge is 0.478 e. The number of fused-ring (bicyclic) bond motifs is 1. The molecule has 0 spiro atoms. The second kappa shape index (κ2) is 7.17. The van der Waals surface area contributed by atoms with E-state index in [2.05, 4.69) is 15.3 Å². The van der Waals surface area contributed by atoms with Crippen LogP contribution in [0.2, 0.25) is 0 Å². The fraction of sp³-hybridized carbons (Fsp3) is 0.211. The van der Waals surface area contributed by atoms with E-state index in [4.69, 9.17) is 0 Å². The third-order valence-corrected chi connectivity index (χ3v) is 4.06. The van der Waals surface area contributed by atoms with Crippen LogP contribution in [0.1, 0.15) is 41.1 Å². The SMILES string of the molecule is CC(NC(=O)CCc1ccccc1C(=O)O)c1nc2ccccc2[nH]1. The van der Waals surface area contributed by atoms with E-state index < -0.39 is 5.97 Å². The van der Waals surface area contributed by atoms with Crippen LogP contribution in [-0.4, -0.2) is 27.0 Å². The van der Waals surface area contributed by atoms with E-state index in [1.807, 2.05) is 31.2 Å². The number of aromatic amines is 1. The summed E-state index contributed by atoms with van der Waals surface area (Å²) in [5.74, 6) is -0.430. The maximum atomic E-state index is 12.2. The number of amides is 1. The second-order valence-corrected chi connectivity index (χ2v) is 5.89. The van der Waals surface area contributed by atoms with Gasteiger partial charge in [-0.1, -0.05) is 30.3 Å². The molecule has 0 bridgehead atoms. The number of aryl methyl sites for hydroxylation is 1.